The number of hydrogen-bond acceptors (Lipinski definition) is 6. The molecule has 0 N–H and O–H groups in total. The summed E-state index contributed by atoms with van der Waals surface area (Å²) in [6.45, 7) is 0. The van der Waals surface area contributed by atoms with Gasteiger partial charge in [-0.05, 0) is 36.8 Å². The maximum atomic E-state index is 10.7. The van der Waals surface area contributed by atoms with Crippen molar-refractivity contribution in [2.75, 3.05) is 0 Å². The van der Waals surface area contributed by atoms with Gasteiger partial charge in [-0.1, -0.05) is 41.9 Å². The molecule has 0 radical (unpaired) electrons. The first-order chi connectivity index (χ1) is 12.6. The number of non-ortho nitro benzene ring substituents is 1. The van der Waals surface area contributed by atoms with Crippen molar-refractivity contribution in [3.8, 4) is 0 Å². The predicted molar refractivity (Wildman–Crippen MR) is 106 cm³/mol. The molecule has 2 heterocycles. The van der Waals surface area contributed by atoms with Crippen LogP contribution in [0.5, 0.6) is 0 Å². The van der Waals surface area contributed by atoms with Gasteiger partial charge in [0.2, 0.25) is 0 Å². The molecule has 0 fully saturated rings. The summed E-state index contributed by atoms with van der Waals surface area (Å²) in [6, 6.07) is 6.56. The number of hydrogen-bond donors (Lipinski definition) is 0. The van der Waals surface area contributed by atoms with E-state index in [1.54, 1.807) is 23.5 Å². The lowest BCUT2D eigenvalue weighted by Crippen LogP contribution is -1.92. The topological polar surface area (TPSA) is 68.9 Å². The maximum absolute atomic E-state index is 10.7. The lowest BCUT2D eigenvalue weighted by molar-refractivity contribution is -0.384. The number of nitrogens with zero attached hydrogens (tertiary/aromatic N) is 3. The van der Waals surface area contributed by atoms with Crippen LogP contribution in [0, 0.1) is 10.1 Å². The molecule has 0 atom stereocenters. The van der Waals surface area contributed by atoms with Crippen molar-refractivity contribution in [3.05, 3.63) is 55.5 Å². The molecule has 3 aromatic rings. The number of halogens is 1. The summed E-state index contributed by atoms with van der Waals surface area (Å²) in [6.07, 6.45) is 5.87. The fraction of sp³-hybridized carbons (Fsp3) is 0.333. The highest BCUT2D eigenvalue weighted by Crippen LogP contribution is 2.38. The number of rotatable bonds is 4. The molecule has 0 amide bonds. The van der Waals surface area contributed by atoms with Crippen LogP contribution >= 0.6 is 34.7 Å². The zero-order valence-corrected chi connectivity index (χ0v) is 16.3. The van der Waals surface area contributed by atoms with E-state index in [9.17, 15) is 10.1 Å². The number of nitro benzene ring substituents is 1. The Balaban J connectivity index is 1.56. The number of thiophene rings is 1. The minimum Gasteiger partial charge on any atom is -0.258 e. The van der Waals surface area contributed by atoms with Crippen molar-refractivity contribution in [2.45, 2.75) is 43.0 Å². The van der Waals surface area contributed by atoms with E-state index in [0.717, 1.165) is 28.6 Å². The highest BCUT2D eigenvalue weighted by atomic mass is 35.5. The van der Waals surface area contributed by atoms with Crippen LogP contribution in [-0.2, 0) is 18.6 Å². The molecule has 1 aliphatic carbocycles. The van der Waals surface area contributed by atoms with E-state index in [2.05, 4.69) is 4.98 Å². The monoisotopic (exact) mass is 405 g/mol. The van der Waals surface area contributed by atoms with Crippen LogP contribution in [0.1, 0.15) is 35.3 Å². The lowest BCUT2D eigenvalue weighted by atomic mass is 10.1. The van der Waals surface area contributed by atoms with E-state index >= 15 is 0 Å². The van der Waals surface area contributed by atoms with E-state index in [-0.39, 0.29) is 5.69 Å². The third-order valence-electron chi connectivity index (χ3n) is 4.52. The molecule has 1 aliphatic rings. The fourth-order valence-corrected chi connectivity index (χ4v) is 5.71. The van der Waals surface area contributed by atoms with E-state index in [0.29, 0.717) is 16.1 Å². The second-order valence-corrected chi connectivity index (χ2v) is 8.64. The SMILES string of the molecule is O=[N+]([O-])c1ccc(CSc2nc(Cl)c3c4c(sc3n2)CCCCC4)cc1. The molecule has 0 saturated heterocycles. The van der Waals surface area contributed by atoms with Crippen LogP contribution in [0.2, 0.25) is 5.15 Å². The van der Waals surface area contributed by atoms with E-state index in [1.807, 2.05) is 0 Å². The quantitative estimate of drug-likeness (QED) is 0.137. The molecule has 134 valence electrons. The van der Waals surface area contributed by atoms with E-state index in [1.165, 1.54) is 53.6 Å². The molecular weight excluding hydrogens is 390 g/mol. The first kappa shape index (κ1) is 17.7. The van der Waals surface area contributed by atoms with Gasteiger partial charge in [0.1, 0.15) is 9.98 Å². The van der Waals surface area contributed by atoms with Crippen molar-refractivity contribution in [1.82, 2.24) is 9.97 Å². The summed E-state index contributed by atoms with van der Waals surface area (Å²) in [7, 11) is 0. The molecule has 0 unspecified atom stereocenters. The van der Waals surface area contributed by atoms with E-state index < -0.39 is 4.92 Å². The average Bonchev–Trinajstić information content (AvgIpc) is 2.82. The summed E-state index contributed by atoms with van der Waals surface area (Å²) < 4.78 is 0. The van der Waals surface area contributed by atoms with Crippen LogP contribution in [0.4, 0.5) is 5.69 Å². The summed E-state index contributed by atoms with van der Waals surface area (Å²) in [5, 5.41) is 13.0. The number of fused-ring (bicyclic) bond motifs is 3. The van der Waals surface area contributed by atoms with Gasteiger partial charge in [0, 0.05) is 22.8 Å². The van der Waals surface area contributed by atoms with Crippen LogP contribution in [0.25, 0.3) is 10.2 Å². The minimum atomic E-state index is -0.394. The molecule has 5 nitrogen and oxygen atoms in total. The Kier molecular flexibility index (Phi) is 5.11. The van der Waals surface area contributed by atoms with Gasteiger partial charge in [-0.2, -0.15) is 0 Å². The first-order valence-corrected chi connectivity index (χ1v) is 10.6. The molecule has 26 heavy (non-hydrogen) atoms. The molecule has 0 bridgehead atoms. The Labute approximate surface area is 164 Å². The third-order valence-corrected chi connectivity index (χ3v) is 6.89. The van der Waals surface area contributed by atoms with Crippen LogP contribution in [0.3, 0.4) is 0 Å². The van der Waals surface area contributed by atoms with Gasteiger partial charge in [-0.3, -0.25) is 10.1 Å². The largest absolute Gasteiger partial charge is 0.269 e. The van der Waals surface area contributed by atoms with Crippen LogP contribution in [0.15, 0.2) is 29.4 Å². The van der Waals surface area contributed by atoms with Crippen molar-refractivity contribution in [2.24, 2.45) is 0 Å². The zero-order valence-electron chi connectivity index (χ0n) is 13.9. The molecular formula is C18H16ClN3O2S2. The van der Waals surface area contributed by atoms with Crippen molar-refractivity contribution < 1.29 is 4.92 Å². The fourth-order valence-electron chi connectivity index (χ4n) is 3.20. The predicted octanol–water partition coefficient (Wildman–Crippen LogP) is 5.81. The Bertz CT molecular complexity index is 973. The Hall–Kier alpha value is -1.70. The van der Waals surface area contributed by atoms with Crippen LogP contribution in [-0.4, -0.2) is 14.9 Å². The molecule has 0 aliphatic heterocycles. The Morgan fingerprint density at radius 1 is 1.15 bits per heavy atom. The number of aromatic nitrogens is 2. The first-order valence-electron chi connectivity index (χ1n) is 8.46. The lowest BCUT2D eigenvalue weighted by Gasteiger charge is -2.04. The Morgan fingerprint density at radius 3 is 2.69 bits per heavy atom. The Morgan fingerprint density at radius 2 is 1.92 bits per heavy atom. The van der Waals surface area contributed by atoms with E-state index in [4.69, 9.17) is 16.6 Å². The molecule has 8 heteroatoms. The standard InChI is InChI=1S/C18H16ClN3O2S2/c19-16-15-13-4-2-1-3-5-14(13)26-17(15)21-18(20-16)25-10-11-6-8-12(9-7-11)22(23)24/h6-9H,1-5,10H2. The second-order valence-electron chi connectivity index (χ2n) is 6.25. The zero-order chi connectivity index (χ0) is 18.1. The van der Waals surface area contributed by atoms with Crippen molar-refractivity contribution in [3.63, 3.8) is 0 Å². The van der Waals surface area contributed by atoms with Gasteiger partial charge >= 0.3 is 0 Å². The normalized spacial score (nSPS) is 14.2. The maximum Gasteiger partial charge on any atom is 0.269 e. The molecule has 0 saturated carbocycles. The number of nitro groups is 1. The van der Waals surface area contributed by atoms with Gasteiger partial charge in [-0.15, -0.1) is 11.3 Å². The molecule has 1 aromatic carbocycles. The molecule has 0 spiro atoms. The second kappa shape index (κ2) is 7.50. The van der Waals surface area contributed by atoms with Gasteiger partial charge in [0.25, 0.3) is 5.69 Å². The third kappa shape index (κ3) is 3.56. The summed E-state index contributed by atoms with van der Waals surface area (Å²) >= 11 is 9.74. The number of benzene rings is 1. The summed E-state index contributed by atoms with van der Waals surface area (Å²) in [5.74, 6) is 0.644. The highest BCUT2D eigenvalue weighted by Gasteiger charge is 2.19. The molecule has 2 aromatic heterocycles. The van der Waals surface area contributed by atoms with Gasteiger partial charge in [0.05, 0.1) is 10.3 Å². The van der Waals surface area contributed by atoms with Crippen molar-refractivity contribution in [1.29, 1.82) is 0 Å². The van der Waals surface area contributed by atoms with Gasteiger partial charge < -0.3 is 0 Å². The van der Waals surface area contributed by atoms with Gasteiger partial charge in [0.15, 0.2) is 5.16 Å². The van der Waals surface area contributed by atoms with Gasteiger partial charge in [-0.25, -0.2) is 9.97 Å². The summed E-state index contributed by atoms with van der Waals surface area (Å²) in [4.78, 5) is 21.9. The number of aryl methyl sites for hydroxylation is 2. The average molecular weight is 406 g/mol. The minimum absolute atomic E-state index is 0.0968. The highest BCUT2D eigenvalue weighted by molar-refractivity contribution is 7.98. The van der Waals surface area contributed by atoms with Crippen molar-refractivity contribution >= 4 is 50.6 Å². The number of thioether (sulfide) groups is 1. The molecule has 4 rings (SSSR count). The van der Waals surface area contributed by atoms with Crippen LogP contribution < -0.4 is 0 Å². The smallest absolute Gasteiger partial charge is 0.258 e. The summed E-state index contributed by atoms with van der Waals surface area (Å²) in [5.41, 5.74) is 2.43.